The van der Waals surface area contributed by atoms with Crippen LogP contribution in [0.1, 0.15) is 23.0 Å². The van der Waals surface area contributed by atoms with Crippen LogP contribution in [0.4, 0.5) is 0 Å². The number of nitriles is 1. The molecule has 0 amide bonds. The summed E-state index contributed by atoms with van der Waals surface area (Å²) in [5, 5.41) is 17.4. The number of ether oxygens (including phenoxy) is 1. The first-order valence-electron chi connectivity index (χ1n) is 8.50. The van der Waals surface area contributed by atoms with Crippen molar-refractivity contribution in [3.8, 4) is 17.3 Å². The first-order chi connectivity index (χ1) is 12.7. The molecule has 0 spiro atoms. The molecule has 2 aromatic heterocycles. The molecule has 0 unspecified atom stereocenters. The molecule has 7 nitrogen and oxygen atoms in total. The lowest BCUT2D eigenvalue weighted by atomic mass is 10.0. The minimum absolute atomic E-state index is 0.0437. The van der Waals surface area contributed by atoms with Crippen LogP contribution in [0, 0.1) is 11.3 Å². The van der Waals surface area contributed by atoms with Crippen molar-refractivity contribution in [2.24, 2.45) is 7.05 Å². The molecule has 0 bridgehead atoms. The predicted molar refractivity (Wildman–Crippen MR) is 93.8 cm³/mol. The van der Waals surface area contributed by atoms with Gasteiger partial charge in [0.1, 0.15) is 5.69 Å². The van der Waals surface area contributed by atoms with Crippen LogP contribution in [0.15, 0.2) is 47.2 Å². The van der Waals surface area contributed by atoms with E-state index in [1.54, 1.807) is 16.9 Å². The van der Waals surface area contributed by atoms with Crippen molar-refractivity contribution >= 4 is 0 Å². The monoisotopic (exact) mass is 349 g/mol. The zero-order chi connectivity index (χ0) is 17.9. The summed E-state index contributed by atoms with van der Waals surface area (Å²) >= 11 is 0. The van der Waals surface area contributed by atoms with E-state index >= 15 is 0 Å². The molecule has 1 fully saturated rings. The summed E-state index contributed by atoms with van der Waals surface area (Å²) in [5.41, 5.74) is 3.41. The highest BCUT2D eigenvalue weighted by atomic mass is 16.5. The molecule has 1 aliphatic heterocycles. The maximum atomic E-state index is 9.08. The summed E-state index contributed by atoms with van der Waals surface area (Å²) in [7, 11) is 1.87. The summed E-state index contributed by atoms with van der Waals surface area (Å²) in [5.74, 6) is 0.815. The molecule has 4 rings (SSSR count). The number of aromatic nitrogens is 3. The third-order valence-electron chi connectivity index (χ3n) is 4.48. The molecule has 3 heterocycles. The molecular weight excluding hydrogens is 330 g/mol. The van der Waals surface area contributed by atoms with E-state index in [1.807, 2.05) is 37.5 Å². The molecule has 0 aliphatic carbocycles. The fourth-order valence-corrected chi connectivity index (χ4v) is 3.15. The van der Waals surface area contributed by atoms with Crippen molar-refractivity contribution in [2.75, 3.05) is 19.7 Å². The van der Waals surface area contributed by atoms with E-state index < -0.39 is 0 Å². The van der Waals surface area contributed by atoms with E-state index in [2.05, 4.69) is 21.2 Å². The number of rotatable bonds is 4. The van der Waals surface area contributed by atoms with Crippen LogP contribution >= 0.6 is 0 Å². The van der Waals surface area contributed by atoms with Gasteiger partial charge < -0.3 is 9.26 Å². The Labute approximate surface area is 151 Å². The second-order valence-corrected chi connectivity index (χ2v) is 6.41. The highest BCUT2D eigenvalue weighted by Crippen LogP contribution is 2.25. The van der Waals surface area contributed by atoms with Gasteiger partial charge in [-0.1, -0.05) is 17.3 Å². The van der Waals surface area contributed by atoms with E-state index in [9.17, 15) is 0 Å². The van der Waals surface area contributed by atoms with E-state index in [0.29, 0.717) is 18.7 Å². The maximum absolute atomic E-state index is 9.08. The first kappa shape index (κ1) is 16.5. The Balaban J connectivity index is 1.44. The van der Waals surface area contributed by atoms with Crippen molar-refractivity contribution < 1.29 is 9.26 Å². The lowest BCUT2D eigenvalue weighted by molar-refractivity contribution is -0.0351. The Hall–Kier alpha value is -2.95. The van der Waals surface area contributed by atoms with Gasteiger partial charge in [0.2, 0.25) is 0 Å². The summed E-state index contributed by atoms with van der Waals surface area (Å²) in [6.07, 6.45) is 3.64. The van der Waals surface area contributed by atoms with Crippen LogP contribution in [-0.4, -0.2) is 39.5 Å². The number of morpholine rings is 1. The van der Waals surface area contributed by atoms with Gasteiger partial charge in [0, 0.05) is 38.0 Å². The van der Waals surface area contributed by atoms with E-state index in [-0.39, 0.29) is 6.10 Å². The number of hydrogen-bond acceptors (Lipinski definition) is 6. The van der Waals surface area contributed by atoms with E-state index in [4.69, 9.17) is 14.5 Å². The Bertz CT molecular complexity index is 939. The lowest BCUT2D eigenvalue weighted by Crippen LogP contribution is -2.37. The van der Waals surface area contributed by atoms with Crippen LogP contribution < -0.4 is 0 Å². The summed E-state index contributed by atoms with van der Waals surface area (Å²) < 4.78 is 13.1. The quantitative estimate of drug-likeness (QED) is 0.720. The first-order valence-corrected chi connectivity index (χ1v) is 8.50. The Morgan fingerprint density at radius 2 is 2.27 bits per heavy atom. The van der Waals surface area contributed by atoms with Gasteiger partial charge in [0.15, 0.2) is 5.76 Å². The minimum Gasteiger partial charge on any atom is -0.371 e. The largest absolute Gasteiger partial charge is 0.371 e. The fourth-order valence-electron chi connectivity index (χ4n) is 3.15. The third kappa shape index (κ3) is 3.52. The molecule has 0 N–H and O–H groups in total. The zero-order valence-corrected chi connectivity index (χ0v) is 14.5. The molecule has 3 aromatic rings. The Morgan fingerprint density at radius 1 is 1.35 bits per heavy atom. The van der Waals surface area contributed by atoms with Gasteiger partial charge in [-0.25, -0.2) is 0 Å². The summed E-state index contributed by atoms with van der Waals surface area (Å²) in [6.45, 7) is 2.89. The lowest BCUT2D eigenvalue weighted by Gasteiger charge is -2.32. The zero-order valence-electron chi connectivity index (χ0n) is 14.5. The van der Waals surface area contributed by atoms with Gasteiger partial charge in [-0.2, -0.15) is 10.4 Å². The van der Waals surface area contributed by atoms with Gasteiger partial charge in [0.25, 0.3) is 0 Å². The van der Waals surface area contributed by atoms with Gasteiger partial charge >= 0.3 is 0 Å². The normalized spacial score (nSPS) is 17.9. The van der Waals surface area contributed by atoms with Gasteiger partial charge in [-0.05, 0) is 17.7 Å². The summed E-state index contributed by atoms with van der Waals surface area (Å²) in [4.78, 5) is 2.28. The van der Waals surface area contributed by atoms with Crippen LogP contribution in [0.5, 0.6) is 0 Å². The average molecular weight is 349 g/mol. The molecule has 1 saturated heterocycles. The standard InChI is InChI=1S/C19H19N5O2/c1-23-11-16(10-21-23)18-8-17(26-22-18)12-24-5-6-25-19(13-24)15-4-2-3-14(7-15)9-20/h2-4,7-8,10-11,19H,5-6,12-13H2,1H3/t19-/m0/s1. The average Bonchev–Trinajstić information content (AvgIpc) is 3.31. The van der Waals surface area contributed by atoms with Crippen LogP contribution in [0.3, 0.4) is 0 Å². The van der Waals surface area contributed by atoms with E-state index in [1.165, 1.54) is 0 Å². The maximum Gasteiger partial charge on any atom is 0.151 e. The molecule has 132 valence electrons. The SMILES string of the molecule is Cn1cc(-c2cc(CN3CCO[C@H](c4cccc(C#N)c4)C3)on2)cn1. The molecule has 26 heavy (non-hydrogen) atoms. The van der Waals surface area contributed by atoms with Crippen molar-refractivity contribution in [3.63, 3.8) is 0 Å². The number of benzene rings is 1. The second-order valence-electron chi connectivity index (χ2n) is 6.41. The van der Waals surface area contributed by atoms with Gasteiger partial charge in [-0.3, -0.25) is 9.58 Å². The van der Waals surface area contributed by atoms with Crippen LogP contribution in [0.2, 0.25) is 0 Å². The van der Waals surface area contributed by atoms with Crippen molar-refractivity contribution in [1.29, 1.82) is 5.26 Å². The number of hydrogen-bond donors (Lipinski definition) is 0. The highest BCUT2D eigenvalue weighted by molar-refractivity contribution is 5.56. The van der Waals surface area contributed by atoms with Gasteiger partial charge in [0.05, 0.1) is 37.1 Å². The van der Waals surface area contributed by atoms with E-state index in [0.717, 1.165) is 35.7 Å². The number of aryl methyl sites for hydroxylation is 1. The fraction of sp³-hybridized carbons (Fsp3) is 0.316. The minimum atomic E-state index is -0.0437. The smallest absolute Gasteiger partial charge is 0.151 e. The Morgan fingerprint density at radius 3 is 3.08 bits per heavy atom. The van der Waals surface area contributed by atoms with Gasteiger partial charge in [-0.15, -0.1) is 0 Å². The predicted octanol–water partition coefficient (Wildman–Crippen LogP) is 2.52. The van der Waals surface area contributed by atoms with Crippen molar-refractivity contribution in [2.45, 2.75) is 12.6 Å². The van der Waals surface area contributed by atoms with Crippen molar-refractivity contribution in [3.05, 3.63) is 59.6 Å². The van der Waals surface area contributed by atoms with Crippen molar-refractivity contribution in [1.82, 2.24) is 19.8 Å². The molecule has 7 heteroatoms. The summed E-state index contributed by atoms with van der Waals surface area (Å²) in [6, 6.07) is 11.7. The molecule has 1 aliphatic rings. The Kier molecular flexibility index (Phi) is 4.52. The molecule has 1 aromatic carbocycles. The van der Waals surface area contributed by atoms with Crippen LogP contribution in [0.25, 0.3) is 11.3 Å². The topological polar surface area (TPSA) is 80.1 Å². The molecule has 0 saturated carbocycles. The number of nitrogens with zero attached hydrogens (tertiary/aromatic N) is 5. The molecule has 0 radical (unpaired) electrons. The molecular formula is C19H19N5O2. The highest BCUT2D eigenvalue weighted by Gasteiger charge is 2.23. The third-order valence-corrected chi connectivity index (χ3v) is 4.48. The van der Waals surface area contributed by atoms with Crippen LogP contribution in [-0.2, 0) is 18.3 Å². The second kappa shape index (κ2) is 7.12. The molecule has 1 atom stereocenters.